The third kappa shape index (κ3) is 8.92. The Morgan fingerprint density at radius 3 is 1.40 bits per heavy atom. The van der Waals surface area contributed by atoms with E-state index >= 15 is 0 Å². The van der Waals surface area contributed by atoms with Crippen molar-refractivity contribution in [2.24, 2.45) is 0 Å². The molecule has 2 atom stereocenters. The average molecular weight is 418 g/mol. The van der Waals surface area contributed by atoms with Crippen LogP contribution in [0.5, 0.6) is 11.5 Å². The summed E-state index contributed by atoms with van der Waals surface area (Å²) in [4.78, 5) is 12.2. The lowest BCUT2D eigenvalue weighted by atomic mass is 9.98. The Morgan fingerprint density at radius 2 is 1.07 bits per heavy atom. The van der Waals surface area contributed by atoms with Gasteiger partial charge in [0.05, 0.1) is 25.4 Å². The number of carbonyl (C=O) groups excluding carboxylic acids is 1. The fraction of sp³-hybridized carbons (Fsp3) is 0.435. The van der Waals surface area contributed by atoms with E-state index in [0.717, 1.165) is 11.1 Å². The van der Waals surface area contributed by atoms with Crippen LogP contribution in [0, 0.1) is 0 Å². The zero-order valence-electron chi connectivity index (χ0n) is 16.9. The van der Waals surface area contributed by atoms with Crippen LogP contribution in [-0.2, 0) is 17.6 Å². The number of aliphatic hydroxyl groups is 4. The summed E-state index contributed by atoms with van der Waals surface area (Å²) < 4.78 is 10.6. The van der Waals surface area contributed by atoms with E-state index < -0.39 is 12.2 Å². The molecule has 7 heteroatoms. The van der Waals surface area contributed by atoms with Crippen LogP contribution in [0.25, 0.3) is 0 Å². The Labute approximate surface area is 176 Å². The fourth-order valence-electron chi connectivity index (χ4n) is 3.07. The third-order valence-electron chi connectivity index (χ3n) is 4.44. The number of ether oxygens (including phenoxy) is 2. The lowest BCUT2D eigenvalue weighted by molar-refractivity contribution is -0.122. The van der Waals surface area contributed by atoms with Gasteiger partial charge in [-0.3, -0.25) is 4.79 Å². The predicted molar refractivity (Wildman–Crippen MR) is 112 cm³/mol. The summed E-state index contributed by atoms with van der Waals surface area (Å²) in [5, 5.41) is 37.9. The Morgan fingerprint density at radius 1 is 0.700 bits per heavy atom. The van der Waals surface area contributed by atoms with Gasteiger partial charge < -0.3 is 29.9 Å². The highest BCUT2D eigenvalue weighted by Crippen LogP contribution is 2.16. The molecule has 2 aromatic rings. The number of ketones is 1. The van der Waals surface area contributed by atoms with Crippen LogP contribution in [-0.4, -0.2) is 64.8 Å². The van der Waals surface area contributed by atoms with Crippen LogP contribution in [0.3, 0.4) is 0 Å². The van der Waals surface area contributed by atoms with Gasteiger partial charge in [-0.1, -0.05) is 24.3 Å². The molecule has 164 valence electrons. The van der Waals surface area contributed by atoms with Gasteiger partial charge in [0.2, 0.25) is 0 Å². The van der Waals surface area contributed by atoms with Gasteiger partial charge in [0, 0.05) is 12.8 Å². The molecule has 0 saturated heterocycles. The summed E-state index contributed by atoms with van der Waals surface area (Å²) in [5.74, 6) is 1.07. The molecule has 0 fully saturated rings. The lowest BCUT2D eigenvalue weighted by Gasteiger charge is -2.14. The van der Waals surface area contributed by atoms with Crippen molar-refractivity contribution in [1.29, 1.82) is 0 Å². The van der Waals surface area contributed by atoms with Gasteiger partial charge in [0.15, 0.2) is 0 Å². The monoisotopic (exact) mass is 418 g/mol. The summed E-state index contributed by atoms with van der Waals surface area (Å²) in [5.41, 5.74) is 1.74. The molecule has 2 rings (SSSR count). The predicted octanol–water partition coefficient (Wildman–Crippen LogP) is 1.29. The van der Waals surface area contributed by atoms with Gasteiger partial charge in [-0.05, 0) is 48.2 Å². The minimum Gasteiger partial charge on any atom is -0.491 e. The molecule has 4 N–H and O–H groups in total. The first kappa shape index (κ1) is 23.8. The lowest BCUT2D eigenvalue weighted by Crippen LogP contribution is -2.21. The van der Waals surface area contributed by atoms with E-state index in [1.807, 2.05) is 24.3 Å². The molecule has 0 spiro atoms. The van der Waals surface area contributed by atoms with Crippen molar-refractivity contribution < 1.29 is 34.7 Å². The van der Waals surface area contributed by atoms with Crippen molar-refractivity contribution in [3.05, 3.63) is 59.7 Å². The van der Waals surface area contributed by atoms with Crippen LogP contribution in [0.15, 0.2) is 48.5 Å². The van der Waals surface area contributed by atoms with Crippen LogP contribution in [0.4, 0.5) is 0 Å². The molecule has 0 heterocycles. The van der Waals surface area contributed by atoms with E-state index in [2.05, 4.69) is 0 Å². The number of carbonyl (C=O) groups is 1. The van der Waals surface area contributed by atoms with E-state index in [1.165, 1.54) is 0 Å². The second-order valence-electron chi connectivity index (χ2n) is 7.09. The second-order valence-corrected chi connectivity index (χ2v) is 7.09. The van der Waals surface area contributed by atoms with Crippen molar-refractivity contribution in [2.75, 3.05) is 26.4 Å². The number of hydrogen-bond acceptors (Lipinski definition) is 7. The van der Waals surface area contributed by atoms with Crippen molar-refractivity contribution >= 4 is 5.78 Å². The van der Waals surface area contributed by atoms with Gasteiger partial charge in [0.25, 0.3) is 0 Å². The molecule has 0 bridgehead atoms. The number of hydrogen-bond donors (Lipinski definition) is 4. The Kier molecular flexibility index (Phi) is 10.3. The van der Waals surface area contributed by atoms with E-state index in [1.54, 1.807) is 24.3 Å². The van der Waals surface area contributed by atoms with Crippen LogP contribution in [0.1, 0.15) is 24.0 Å². The molecule has 30 heavy (non-hydrogen) atoms. The Bertz CT molecular complexity index is 680. The summed E-state index contributed by atoms with van der Waals surface area (Å²) in [6, 6.07) is 14.2. The van der Waals surface area contributed by atoms with Gasteiger partial charge >= 0.3 is 0 Å². The molecule has 0 aromatic heterocycles. The van der Waals surface area contributed by atoms with Crippen LogP contribution < -0.4 is 9.47 Å². The Hall–Kier alpha value is -2.45. The topological polar surface area (TPSA) is 116 Å². The molecule has 2 unspecified atom stereocenters. The van der Waals surface area contributed by atoms with Crippen LogP contribution in [0.2, 0.25) is 0 Å². The summed E-state index contributed by atoms with van der Waals surface area (Å²) in [6.07, 6.45) is -1.02. The smallest absolute Gasteiger partial charge is 0.138 e. The first-order chi connectivity index (χ1) is 14.5. The molecule has 0 aliphatic carbocycles. The molecule has 2 aromatic carbocycles. The molecule has 0 saturated carbocycles. The normalized spacial score (nSPS) is 12.9. The maximum absolute atomic E-state index is 12.2. The van der Waals surface area contributed by atoms with Crippen molar-refractivity contribution in [2.45, 2.75) is 37.9 Å². The standard InChI is InChI=1S/C23H30O7/c24-9-11-29-22-5-1-17(2-6-22)13-19(26)15-21(28)16-20(27)14-18-3-7-23(8-4-18)30-12-10-25/h1-8,19-20,24-27H,9-16H2. The maximum Gasteiger partial charge on any atom is 0.138 e. The molecule has 0 amide bonds. The van der Waals surface area contributed by atoms with Gasteiger partial charge in [-0.25, -0.2) is 0 Å². The molecule has 0 aliphatic heterocycles. The highest BCUT2D eigenvalue weighted by atomic mass is 16.5. The quantitative estimate of drug-likeness (QED) is 0.365. The highest BCUT2D eigenvalue weighted by molar-refractivity contribution is 5.79. The highest BCUT2D eigenvalue weighted by Gasteiger charge is 2.16. The largest absolute Gasteiger partial charge is 0.491 e. The summed E-state index contributed by atoms with van der Waals surface area (Å²) in [7, 11) is 0. The fourth-order valence-corrected chi connectivity index (χ4v) is 3.07. The third-order valence-corrected chi connectivity index (χ3v) is 4.44. The van der Waals surface area contributed by atoms with Crippen LogP contribution >= 0.6 is 0 Å². The second kappa shape index (κ2) is 13.0. The number of rotatable bonds is 14. The zero-order valence-corrected chi connectivity index (χ0v) is 16.9. The van der Waals surface area contributed by atoms with Gasteiger partial charge in [0.1, 0.15) is 30.5 Å². The zero-order chi connectivity index (χ0) is 21.8. The van der Waals surface area contributed by atoms with E-state index in [-0.39, 0.29) is 45.1 Å². The number of aliphatic hydroxyl groups excluding tert-OH is 4. The summed E-state index contributed by atoms with van der Waals surface area (Å²) in [6.45, 7) is 0.332. The first-order valence-corrected chi connectivity index (χ1v) is 10.0. The van der Waals surface area contributed by atoms with Gasteiger partial charge in [-0.2, -0.15) is 0 Å². The average Bonchev–Trinajstić information content (AvgIpc) is 2.72. The summed E-state index contributed by atoms with van der Waals surface area (Å²) >= 11 is 0. The van der Waals surface area contributed by atoms with E-state index in [9.17, 15) is 15.0 Å². The van der Waals surface area contributed by atoms with Crippen molar-refractivity contribution in [3.8, 4) is 11.5 Å². The molecular formula is C23H30O7. The number of Topliss-reactive ketones (excluding diaryl/α,β-unsaturated/α-hetero) is 1. The van der Waals surface area contributed by atoms with E-state index in [0.29, 0.717) is 24.3 Å². The molecule has 0 radical (unpaired) electrons. The SMILES string of the molecule is O=C(CC(O)Cc1ccc(OCCO)cc1)CC(O)Cc1ccc(OCCO)cc1. The molecule has 7 nitrogen and oxygen atoms in total. The minimum atomic E-state index is -0.822. The minimum absolute atomic E-state index is 0.0201. The van der Waals surface area contributed by atoms with Crippen molar-refractivity contribution in [1.82, 2.24) is 0 Å². The Balaban J connectivity index is 1.73. The maximum atomic E-state index is 12.2. The first-order valence-electron chi connectivity index (χ1n) is 10.0. The van der Waals surface area contributed by atoms with Gasteiger partial charge in [-0.15, -0.1) is 0 Å². The number of benzene rings is 2. The van der Waals surface area contributed by atoms with Crippen molar-refractivity contribution in [3.63, 3.8) is 0 Å². The molecular weight excluding hydrogens is 388 g/mol. The molecule has 0 aliphatic rings. The van der Waals surface area contributed by atoms with E-state index in [4.69, 9.17) is 19.7 Å².